The van der Waals surface area contributed by atoms with E-state index in [0.717, 1.165) is 12.0 Å². The molecule has 0 bridgehead atoms. The van der Waals surface area contributed by atoms with Gasteiger partial charge in [0.1, 0.15) is 5.82 Å². The van der Waals surface area contributed by atoms with E-state index in [2.05, 4.69) is 37.4 Å². The van der Waals surface area contributed by atoms with Gasteiger partial charge in [-0.05, 0) is 56.1 Å². The number of likely N-dealkylation sites (N-methyl/N-ethyl adjacent to an activating group) is 1. The monoisotopic (exact) mass is 291 g/mol. The largest absolute Gasteiger partial charge is 0.313 e. The van der Waals surface area contributed by atoms with Gasteiger partial charge in [-0.2, -0.15) is 0 Å². The summed E-state index contributed by atoms with van der Waals surface area (Å²) in [4.78, 5) is 0. The summed E-state index contributed by atoms with van der Waals surface area (Å²) in [6.07, 6.45) is 0.824. The molecule has 2 rings (SSSR count). The molecule has 0 spiro atoms. The lowest BCUT2D eigenvalue weighted by Crippen LogP contribution is -2.19. The van der Waals surface area contributed by atoms with Crippen LogP contribution in [0, 0.1) is 19.7 Å². The summed E-state index contributed by atoms with van der Waals surface area (Å²) in [6, 6.07) is 11.5. The van der Waals surface area contributed by atoms with E-state index in [4.69, 9.17) is 11.6 Å². The first-order chi connectivity index (χ1) is 9.51. The molecule has 0 amide bonds. The van der Waals surface area contributed by atoms with Gasteiger partial charge in [-0.25, -0.2) is 4.39 Å². The average Bonchev–Trinajstić information content (AvgIpc) is 2.43. The van der Waals surface area contributed by atoms with E-state index in [1.165, 1.54) is 22.8 Å². The SMILES string of the molecule is CNC(Cc1cc(C)ccc1C)c1ccc(Cl)c(F)c1. The van der Waals surface area contributed by atoms with Gasteiger partial charge in [0.25, 0.3) is 0 Å². The van der Waals surface area contributed by atoms with Crippen LogP contribution in [0.1, 0.15) is 28.3 Å². The molecule has 3 heteroatoms. The number of hydrogen-bond donors (Lipinski definition) is 1. The van der Waals surface area contributed by atoms with Crippen LogP contribution < -0.4 is 5.32 Å². The van der Waals surface area contributed by atoms with E-state index >= 15 is 0 Å². The minimum atomic E-state index is -0.370. The van der Waals surface area contributed by atoms with Gasteiger partial charge < -0.3 is 5.32 Å². The Morgan fingerprint density at radius 2 is 1.90 bits per heavy atom. The second kappa shape index (κ2) is 6.38. The Balaban J connectivity index is 2.28. The zero-order chi connectivity index (χ0) is 14.7. The van der Waals surface area contributed by atoms with E-state index < -0.39 is 0 Å². The summed E-state index contributed by atoms with van der Waals surface area (Å²) in [5, 5.41) is 3.41. The normalized spacial score (nSPS) is 12.4. The molecule has 0 fully saturated rings. The van der Waals surface area contributed by atoms with Gasteiger partial charge in [-0.15, -0.1) is 0 Å². The summed E-state index contributed by atoms with van der Waals surface area (Å²) < 4.78 is 13.6. The van der Waals surface area contributed by atoms with Crippen LogP contribution in [0.3, 0.4) is 0 Å². The third-order valence-corrected chi connectivity index (χ3v) is 3.93. The Labute approximate surface area is 124 Å². The molecule has 0 aliphatic heterocycles. The predicted molar refractivity (Wildman–Crippen MR) is 82.8 cm³/mol. The third-order valence-electron chi connectivity index (χ3n) is 3.62. The van der Waals surface area contributed by atoms with Gasteiger partial charge in [-0.1, -0.05) is 41.4 Å². The van der Waals surface area contributed by atoms with E-state index in [9.17, 15) is 4.39 Å². The molecule has 1 nitrogen and oxygen atoms in total. The fourth-order valence-corrected chi connectivity index (χ4v) is 2.47. The zero-order valence-corrected chi connectivity index (χ0v) is 12.8. The van der Waals surface area contributed by atoms with Crippen LogP contribution in [0.5, 0.6) is 0 Å². The Morgan fingerprint density at radius 3 is 2.55 bits per heavy atom. The number of hydrogen-bond acceptors (Lipinski definition) is 1. The molecule has 0 aliphatic rings. The van der Waals surface area contributed by atoms with Crippen molar-refractivity contribution in [3.63, 3.8) is 0 Å². The lowest BCUT2D eigenvalue weighted by atomic mass is 9.95. The van der Waals surface area contributed by atoms with E-state index in [0.29, 0.717) is 0 Å². The highest BCUT2D eigenvalue weighted by atomic mass is 35.5. The molecule has 0 aromatic heterocycles. The quantitative estimate of drug-likeness (QED) is 0.868. The lowest BCUT2D eigenvalue weighted by Gasteiger charge is -2.19. The zero-order valence-electron chi connectivity index (χ0n) is 12.0. The Hall–Kier alpha value is -1.38. The van der Waals surface area contributed by atoms with Gasteiger partial charge in [0.2, 0.25) is 0 Å². The van der Waals surface area contributed by atoms with Crippen LogP contribution in [0.15, 0.2) is 36.4 Å². The number of benzene rings is 2. The minimum absolute atomic E-state index is 0.0715. The molecule has 1 N–H and O–H groups in total. The highest BCUT2D eigenvalue weighted by Crippen LogP contribution is 2.24. The van der Waals surface area contributed by atoms with Crippen molar-refractivity contribution in [1.29, 1.82) is 0 Å². The van der Waals surface area contributed by atoms with Gasteiger partial charge in [0, 0.05) is 6.04 Å². The van der Waals surface area contributed by atoms with Gasteiger partial charge in [0.15, 0.2) is 0 Å². The molecule has 0 aliphatic carbocycles. The molecule has 2 aromatic carbocycles. The fourth-order valence-electron chi connectivity index (χ4n) is 2.36. The van der Waals surface area contributed by atoms with Crippen LogP contribution in [0.4, 0.5) is 4.39 Å². The number of aryl methyl sites for hydroxylation is 2. The topological polar surface area (TPSA) is 12.0 Å². The van der Waals surface area contributed by atoms with Crippen molar-refractivity contribution >= 4 is 11.6 Å². The van der Waals surface area contributed by atoms with Crippen molar-refractivity contribution < 1.29 is 4.39 Å². The van der Waals surface area contributed by atoms with Gasteiger partial charge >= 0.3 is 0 Å². The second-order valence-electron chi connectivity index (χ2n) is 5.15. The van der Waals surface area contributed by atoms with E-state index in [-0.39, 0.29) is 16.9 Å². The predicted octanol–water partition coefficient (Wildman–Crippen LogP) is 4.60. The maximum Gasteiger partial charge on any atom is 0.142 e. The fraction of sp³-hybridized carbons (Fsp3) is 0.294. The van der Waals surface area contributed by atoms with Crippen molar-refractivity contribution in [3.8, 4) is 0 Å². The smallest absolute Gasteiger partial charge is 0.142 e. The first-order valence-electron chi connectivity index (χ1n) is 6.69. The third kappa shape index (κ3) is 3.38. The molecule has 2 aromatic rings. The van der Waals surface area contributed by atoms with Crippen LogP contribution in [0.25, 0.3) is 0 Å². The Bertz CT molecular complexity index is 610. The second-order valence-corrected chi connectivity index (χ2v) is 5.56. The number of halogens is 2. The van der Waals surface area contributed by atoms with Gasteiger partial charge in [-0.3, -0.25) is 0 Å². The first kappa shape index (κ1) is 15.0. The van der Waals surface area contributed by atoms with E-state index in [1.807, 2.05) is 13.1 Å². The molecular weight excluding hydrogens is 273 g/mol. The Kier molecular flexibility index (Phi) is 4.79. The molecule has 0 radical (unpaired) electrons. The molecule has 0 saturated carbocycles. The average molecular weight is 292 g/mol. The van der Waals surface area contributed by atoms with Crippen LogP contribution in [0.2, 0.25) is 5.02 Å². The van der Waals surface area contributed by atoms with Gasteiger partial charge in [0.05, 0.1) is 5.02 Å². The van der Waals surface area contributed by atoms with Crippen molar-refractivity contribution in [2.75, 3.05) is 7.05 Å². The summed E-state index contributed by atoms with van der Waals surface area (Å²) in [5.41, 5.74) is 4.68. The van der Waals surface area contributed by atoms with Crippen molar-refractivity contribution in [1.82, 2.24) is 5.32 Å². The van der Waals surface area contributed by atoms with Crippen LogP contribution >= 0.6 is 11.6 Å². The van der Waals surface area contributed by atoms with Crippen LogP contribution in [-0.2, 0) is 6.42 Å². The first-order valence-corrected chi connectivity index (χ1v) is 7.07. The standard InChI is InChI=1S/C17H19ClFN/c1-11-4-5-12(2)14(8-11)10-17(20-3)13-6-7-15(18)16(19)9-13/h4-9,17,20H,10H2,1-3H3. The van der Waals surface area contributed by atoms with E-state index in [1.54, 1.807) is 6.07 Å². The molecule has 0 heterocycles. The highest BCUT2D eigenvalue weighted by molar-refractivity contribution is 6.30. The summed E-state index contributed by atoms with van der Waals surface area (Å²) in [5.74, 6) is -0.370. The highest BCUT2D eigenvalue weighted by Gasteiger charge is 2.13. The maximum absolute atomic E-state index is 13.6. The lowest BCUT2D eigenvalue weighted by molar-refractivity contribution is 0.576. The van der Waals surface area contributed by atoms with Crippen molar-refractivity contribution in [2.45, 2.75) is 26.3 Å². The molecule has 1 atom stereocenters. The van der Waals surface area contributed by atoms with Crippen molar-refractivity contribution in [3.05, 3.63) is 69.5 Å². The summed E-state index contributed by atoms with van der Waals surface area (Å²) in [7, 11) is 1.89. The number of nitrogens with one attached hydrogen (secondary N) is 1. The molecule has 1 unspecified atom stereocenters. The van der Waals surface area contributed by atoms with Crippen LogP contribution in [-0.4, -0.2) is 7.05 Å². The molecular formula is C17H19ClFN. The van der Waals surface area contributed by atoms with Crippen molar-refractivity contribution in [2.24, 2.45) is 0 Å². The maximum atomic E-state index is 13.6. The molecule has 106 valence electrons. The Morgan fingerprint density at radius 1 is 1.15 bits per heavy atom. The molecule has 20 heavy (non-hydrogen) atoms. The number of rotatable bonds is 4. The summed E-state index contributed by atoms with van der Waals surface area (Å²) in [6.45, 7) is 4.18. The minimum Gasteiger partial charge on any atom is -0.313 e. The summed E-state index contributed by atoms with van der Waals surface area (Å²) >= 11 is 5.74. The molecule has 0 saturated heterocycles.